The van der Waals surface area contributed by atoms with E-state index in [1.165, 1.54) is 11.1 Å². The van der Waals surface area contributed by atoms with E-state index in [-0.39, 0.29) is 5.91 Å². The van der Waals surface area contributed by atoms with E-state index in [0.717, 1.165) is 11.4 Å². The fraction of sp³-hybridized carbons (Fsp3) is 0.130. The fourth-order valence-electron chi connectivity index (χ4n) is 2.64. The van der Waals surface area contributed by atoms with Crippen LogP contribution >= 0.6 is 0 Å². The van der Waals surface area contributed by atoms with Gasteiger partial charge in [-0.2, -0.15) is 0 Å². The van der Waals surface area contributed by atoms with E-state index in [9.17, 15) is 4.79 Å². The summed E-state index contributed by atoms with van der Waals surface area (Å²) in [4.78, 5) is 16.8. The Morgan fingerprint density at radius 1 is 1.07 bits per heavy atom. The van der Waals surface area contributed by atoms with Gasteiger partial charge < -0.3 is 16.4 Å². The molecular formula is C23H24N4O. The number of hydrogen-bond donors (Lipinski definition) is 3. The van der Waals surface area contributed by atoms with Crippen molar-refractivity contribution in [3.8, 4) is 0 Å². The zero-order valence-electron chi connectivity index (χ0n) is 16.1. The van der Waals surface area contributed by atoms with Crippen molar-refractivity contribution in [1.82, 2.24) is 4.98 Å². The molecule has 0 fully saturated rings. The molecule has 28 heavy (non-hydrogen) atoms. The molecule has 5 heteroatoms. The number of nitrogens with two attached hydrogens (primary N) is 1. The van der Waals surface area contributed by atoms with Crippen LogP contribution in [-0.4, -0.2) is 10.9 Å². The van der Waals surface area contributed by atoms with Crippen molar-refractivity contribution in [3.63, 3.8) is 0 Å². The van der Waals surface area contributed by atoms with Gasteiger partial charge >= 0.3 is 0 Å². The van der Waals surface area contributed by atoms with E-state index < -0.39 is 0 Å². The largest absolute Gasteiger partial charge is 0.397 e. The SMILES string of the molecule is C/C(=C\c1ccc(NCc2ccc(C)cc2)nc1)C(=O)Nc1ccccc1N. The minimum Gasteiger partial charge on any atom is -0.397 e. The van der Waals surface area contributed by atoms with Gasteiger partial charge in [-0.15, -0.1) is 0 Å². The monoisotopic (exact) mass is 372 g/mol. The molecule has 0 spiro atoms. The Bertz CT molecular complexity index is 976. The normalized spacial score (nSPS) is 11.1. The van der Waals surface area contributed by atoms with E-state index in [1.54, 1.807) is 31.3 Å². The van der Waals surface area contributed by atoms with Gasteiger partial charge in [0.2, 0.25) is 0 Å². The molecule has 0 radical (unpaired) electrons. The lowest BCUT2D eigenvalue weighted by atomic mass is 10.1. The van der Waals surface area contributed by atoms with Crippen LogP contribution in [0.4, 0.5) is 17.2 Å². The molecule has 4 N–H and O–H groups in total. The van der Waals surface area contributed by atoms with E-state index in [4.69, 9.17) is 5.73 Å². The number of nitrogens with one attached hydrogen (secondary N) is 2. The highest BCUT2D eigenvalue weighted by Gasteiger charge is 2.07. The van der Waals surface area contributed by atoms with Gasteiger partial charge in [0.1, 0.15) is 5.82 Å². The number of hydrogen-bond acceptors (Lipinski definition) is 4. The second-order valence-electron chi connectivity index (χ2n) is 6.68. The van der Waals surface area contributed by atoms with Crippen molar-refractivity contribution < 1.29 is 4.79 Å². The van der Waals surface area contributed by atoms with Crippen molar-refractivity contribution >= 4 is 29.2 Å². The molecule has 1 heterocycles. The summed E-state index contributed by atoms with van der Waals surface area (Å²) in [6.45, 7) is 4.54. The highest BCUT2D eigenvalue weighted by molar-refractivity contribution is 6.07. The van der Waals surface area contributed by atoms with Gasteiger partial charge in [-0.1, -0.05) is 42.0 Å². The van der Waals surface area contributed by atoms with Crippen LogP contribution in [0.5, 0.6) is 0 Å². The first kappa shape index (κ1) is 19.2. The summed E-state index contributed by atoms with van der Waals surface area (Å²) >= 11 is 0. The molecule has 1 amide bonds. The molecule has 3 aromatic rings. The van der Waals surface area contributed by atoms with Crippen molar-refractivity contribution in [2.45, 2.75) is 20.4 Å². The topological polar surface area (TPSA) is 80.0 Å². The van der Waals surface area contributed by atoms with Crippen LogP contribution in [-0.2, 0) is 11.3 Å². The number of amides is 1. The number of carbonyl (C=O) groups is 1. The predicted octanol–water partition coefficient (Wildman–Crippen LogP) is 4.63. The molecule has 3 rings (SSSR count). The van der Waals surface area contributed by atoms with Gasteiger partial charge in [-0.3, -0.25) is 4.79 Å². The van der Waals surface area contributed by atoms with Crippen molar-refractivity contribution in [2.24, 2.45) is 0 Å². The first-order valence-electron chi connectivity index (χ1n) is 9.11. The van der Waals surface area contributed by atoms with Gasteiger partial charge in [-0.05, 0) is 55.3 Å². The summed E-state index contributed by atoms with van der Waals surface area (Å²) in [6.07, 6.45) is 3.54. The number of benzene rings is 2. The number of para-hydroxylation sites is 2. The van der Waals surface area contributed by atoms with Crippen LogP contribution < -0.4 is 16.4 Å². The van der Waals surface area contributed by atoms with Crippen molar-refractivity contribution in [1.29, 1.82) is 0 Å². The summed E-state index contributed by atoms with van der Waals surface area (Å²) < 4.78 is 0. The molecule has 0 saturated carbocycles. The number of anilines is 3. The number of carbonyl (C=O) groups excluding carboxylic acids is 1. The molecular weight excluding hydrogens is 348 g/mol. The Balaban J connectivity index is 1.59. The second kappa shape index (κ2) is 8.86. The Kier molecular flexibility index (Phi) is 6.07. The molecule has 1 aromatic heterocycles. The van der Waals surface area contributed by atoms with Crippen molar-refractivity contribution in [3.05, 3.63) is 89.1 Å². The van der Waals surface area contributed by atoms with E-state index in [0.29, 0.717) is 23.5 Å². The minimum absolute atomic E-state index is 0.195. The molecule has 0 aliphatic carbocycles. The predicted molar refractivity (Wildman–Crippen MR) is 116 cm³/mol. The zero-order valence-corrected chi connectivity index (χ0v) is 16.1. The smallest absolute Gasteiger partial charge is 0.251 e. The number of aryl methyl sites for hydroxylation is 1. The van der Waals surface area contributed by atoms with Crippen LogP contribution in [0.25, 0.3) is 6.08 Å². The molecule has 0 saturated heterocycles. The van der Waals surface area contributed by atoms with Crippen LogP contribution in [0.3, 0.4) is 0 Å². The van der Waals surface area contributed by atoms with Gasteiger partial charge in [0.25, 0.3) is 5.91 Å². The first-order chi connectivity index (χ1) is 13.5. The summed E-state index contributed by atoms with van der Waals surface area (Å²) in [6, 6.07) is 19.4. The van der Waals surface area contributed by atoms with E-state index in [2.05, 4.69) is 46.8 Å². The number of aromatic nitrogens is 1. The molecule has 2 aromatic carbocycles. The number of nitrogen functional groups attached to an aromatic ring is 1. The number of nitrogens with zero attached hydrogens (tertiary/aromatic N) is 1. The molecule has 0 bridgehead atoms. The molecule has 142 valence electrons. The lowest BCUT2D eigenvalue weighted by Crippen LogP contribution is -2.13. The number of rotatable bonds is 6. The Morgan fingerprint density at radius 2 is 1.82 bits per heavy atom. The zero-order chi connectivity index (χ0) is 19.9. The molecule has 0 aliphatic heterocycles. The fourth-order valence-corrected chi connectivity index (χ4v) is 2.64. The second-order valence-corrected chi connectivity index (χ2v) is 6.68. The third kappa shape index (κ3) is 5.20. The lowest BCUT2D eigenvalue weighted by Gasteiger charge is -2.08. The third-order valence-electron chi connectivity index (χ3n) is 4.33. The van der Waals surface area contributed by atoms with Gasteiger partial charge in [0.05, 0.1) is 11.4 Å². The highest BCUT2D eigenvalue weighted by atomic mass is 16.1. The maximum atomic E-state index is 12.4. The lowest BCUT2D eigenvalue weighted by molar-refractivity contribution is -0.112. The Morgan fingerprint density at radius 3 is 2.50 bits per heavy atom. The molecule has 0 unspecified atom stereocenters. The molecule has 5 nitrogen and oxygen atoms in total. The van der Waals surface area contributed by atoms with Crippen LogP contribution in [0.2, 0.25) is 0 Å². The Labute approximate surface area is 165 Å². The molecule has 0 atom stereocenters. The first-order valence-corrected chi connectivity index (χ1v) is 9.11. The average Bonchev–Trinajstić information content (AvgIpc) is 2.70. The van der Waals surface area contributed by atoms with Crippen LogP contribution in [0, 0.1) is 6.92 Å². The summed E-state index contributed by atoms with van der Waals surface area (Å²) in [5.74, 6) is 0.594. The van der Waals surface area contributed by atoms with Crippen molar-refractivity contribution in [2.75, 3.05) is 16.4 Å². The summed E-state index contributed by atoms with van der Waals surface area (Å²) in [7, 11) is 0. The standard InChI is InChI=1S/C23H24N4O/c1-16-7-9-18(10-8-16)14-25-22-12-11-19(15-26-22)13-17(2)23(28)27-21-6-4-3-5-20(21)24/h3-13,15H,14,24H2,1-2H3,(H,25,26)(H,27,28)/b17-13+. The average molecular weight is 372 g/mol. The van der Waals surface area contributed by atoms with Gasteiger partial charge in [-0.25, -0.2) is 4.98 Å². The summed E-state index contributed by atoms with van der Waals surface area (Å²) in [5, 5.41) is 6.12. The quantitative estimate of drug-likeness (QED) is 0.435. The highest BCUT2D eigenvalue weighted by Crippen LogP contribution is 2.18. The molecule has 0 aliphatic rings. The maximum absolute atomic E-state index is 12.4. The van der Waals surface area contributed by atoms with E-state index in [1.807, 2.05) is 24.3 Å². The van der Waals surface area contributed by atoms with Crippen LogP contribution in [0.1, 0.15) is 23.6 Å². The minimum atomic E-state index is -0.195. The Hall–Kier alpha value is -3.60. The maximum Gasteiger partial charge on any atom is 0.251 e. The van der Waals surface area contributed by atoms with Gasteiger partial charge in [0, 0.05) is 18.3 Å². The van der Waals surface area contributed by atoms with Crippen LogP contribution in [0.15, 0.2) is 72.4 Å². The summed E-state index contributed by atoms with van der Waals surface area (Å²) in [5.41, 5.74) is 10.9. The van der Waals surface area contributed by atoms with Gasteiger partial charge in [0.15, 0.2) is 0 Å². The number of pyridine rings is 1. The third-order valence-corrected chi connectivity index (χ3v) is 4.33. The van der Waals surface area contributed by atoms with E-state index >= 15 is 0 Å².